The fourth-order valence-corrected chi connectivity index (χ4v) is 2.85. The summed E-state index contributed by atoms with van der Waals surface area (Å²) in [5, 5.41) is 8.00. The van der Waals surface area contributed by atoms with Crippen molar-refractivity contribution in [3.8, 4) is 0 Å². The van der Waals surface area contributed by atoms with Crippen molar-refractivity contribution < 1.29 is 9.53 Å². The van der Waals surface area contributed by atoms with E-state index in [4.69, 9.17) is 16.3 Å². The Labute approximate surface area is 134 Å². The number of aromatic nitrogens is 2. The van der Waals surface area contributed by atoms with Crippen LogP contribution in [0.3, 0.4) is 0 Å². The third-order valence-corrected chi connectivity index (χ3v) is 4.18. The molecule has 0 aliphatic carbocycles. The van der Waals surface area contributed by atoms with Crippen LogP contribution < -0.4 is 5.32 Å². The first-order valence-corrected chi connectivity index (χ1v) is 7.66. The highest BCUT2D eigenvalue weighted by atomic mass is 35.5. The molecule has 1 atom stereocenters. The quantitative estimate of drug-likeness (QED) is 0.942. The third-order valence-electron chi connectivity index (χ3n) is 3.82. The third kappa shape index (κ3) is 3.15. The zero-order chi connectivity index (χ0) is 15.5. The van der Waals surface area contributed by atoms with Crippen LogP contribution >= 0.6 is 11.6 Å². The molecular weight excluding hydrogens is 302 g/mol. The van der Waals surface area contributed by atoms with Gasteiger partial charge in [-0.3, -0.25) is 9.48 Å². The lowest BCUT2D eigenvalue weighted by atomic mass is 10.0. The van der Waals surface area contributed by atoms with Gasteiger partial charge in [-0.25, -0.2) is 0 Å². The molecule has 1 aromatic carbocycles. The minimum Gasteiger partial charge on any atom is -0.381 e. The average molecular weight is 320 g/mol. The van der Waals surface area contributed by atoms with E-state index in [1.165, 1.54) is 0 Å². The highest BCUT2D eigenvalue weighted by Gasteiger charge is 2.26. The largest absolute Gasteiger partial charge is 0.381 e. The van der Waals surface area contributed by atoms with E-state index in [9.17, 15) is 4.79 Å². The van der Waals surface area contributed by atoms with Crippen LogP contribution in [0.1, 0.15) is 34.0 Å². The summed E-state index contributed by atoms with van der Waals surface area (Å²) in [6.07, 6.45) is 2.66. The Morgan fingerprint density at radius 2 is 2.32 bits per heavy atom. The first kappa shape index (κ1) is 15.1. The summed E-state index contributed by atoms with van der Waals surface area (Å²) in [4.78, 5) is 12.5. The van der Waals surface area contributed by atoms with Gasteiger partial charge < -0.3 is 10.1 Å². The minimum absolute atomic E-state index is 0.130. The molecule has 5 nitrogen and oxygen atoms in total. The van der Waals surface area contributed by atoms with Gasteiger partial charge in [-0.2, -0.15) is 5.10 Å². The molecular formula is C16H18ClN3O2. The second-order valence-electron chi connectivity index (χ2n) is 5.44. The van der Waals surface area contributed by atoms with Gasteiger partial charge in [-0.15, -0.1) is 0 Å². The van der Waals surface area contributed by atoms with Gasteiger partial charge in [0.05, 0.1) is 17.9 Å². The van der Waals surface area contributed by atoms with Crippen molar-refractivity contribution in [2.24, 2.45) is 7.05 Å². The highest BCUT2D eigenvalue weighted by Crippen LogP contribution is 2.26. The van der Waals surface area contributed by atoms with E-state index in [1.54, 1.807) is 10.9 Å². The molecule has 116 valence electrons. The van der Waals surface area contributed by atoms with E-state index in [2.05, 4.69) is 10.4 Å². The summed E-state index contributed by atoms with van der Waals surface area (Å²) < 4.78 is 7.08. The van der Waals surface area contributed by atoms with Crippen LogP contribution in [0, 0.1) is 0 Å². The number of halogens is 1. The van der Waals surface area contributed by atoms with E-state index in [0.717, 1.165) is 24.3 Å². The Balaban J connectivity index is 1.73. The second-order valence-corrected chi connectivity index (χ2v) is 5.84. The fourth-order valence-electron chi connectivity index (χ4n) is 2.64. The van der Waals surface area contributed by atoms with Gasteiger partial charge in [0, 0.05) is 37.3 Å². The SMILES string of the molecule is Cn1cc(C(=O)NCc2ccccc2Cl)c([C@H]2CCOC2)n1. The van der Waals surface area contributed by atoms with Gasteiger partial charge in [0.15, 0.2) is 0 Å². The summed E-state index contributed by atoms with van der Waals surface area (Å²) in [7, 11) is 1.82. The number of amides is 1. The number of aryl methyl sites for hydroxylation is 1. The van der Waals surface area contributed by atoms with E-state index in [1.807, 2.05) is 31.3 Å². The molecule has 22 heavy (non-hydrogen) atoms. The van der Waals surface area contributed by atoms with Crippen molar-refractivity contribution in [1.82, 2.24) is 15.1 Å². The lowest BCUT2D eigenvalue weighted by Gasteiger charge is -2.09. The molecule has 1 amide bonds. The zero-order valence-corrected chi connectivity index (χ0v) is 13.1. The molecule has 1 N–H and O–H groups in total. The molecule has 6 heteroatoms. The summed E-state index contributed by atoms with van der Waals surface area (Å²) in [5.74, 6) is 0.0668. The predicted octanol–water partition coefficient (Wildman–Crippen LogP) is 2.51. The molecule has 1 fully saturated rings. The molecule has 2 heterocycles. The molecule has 0 unspecified atom stereocenters. The number of nitrogens with zero attached hydrogens (tertiary/aromatic N) is 2. The van der Waals surface area contributed by atoms with Crippen LogP contribution in [0.2, 0.25) is 5.02 Å². The van der Waals surface area contributed by atoms with Crippen LogP contribution in [0.4, 0.5) is 0 Å². The lowest BCUT2D eigenvalue weighted by Crippen LogP contribution is -2.24. The van der Waals surface area contributed by atoms with E-state index in [-0.39, 0.29) is 11.8 Å². The van der Waals surface area contributed by atoms with Gasteiger partial charge in [0.1, 0.15) is 0 Å². The number of benzene rings is 1. The van der Waals surface area contributed by atoms with Crippen molar-refractivity contribution in [2.45, 2.75) is 18.9 Å². The Kier molecular flexibility index (Phi) is 4.45. The second kappa shape index (κ2) is 6.50. The molecule has 0 saturated carbocycles. The van der Waals surface area contributed by atoms with Crippen molar-refractivity contribution in [2.75, 3.05) is 13.2 Å². The highest BCUT2D eigenvalue weighted by molar-refractivity contribution is 6.31. The lowest BCUT2D eigenvalue weighted by molar-refractivity contribution is 0.0949. The first-order chi connectivity index (χ1) is 10.6. The molecule has 0 spiro atoms. The standard InChI is InChI=1S/C16H18ClN3O2/c1-20-9-13(15(19-20)12-6-7-22-10-12)16(21)18-8-11-4-2-3-5-14(11)17/h2-5,9,12H,6-8,10H2,1H3,(H,18,21)/t12-/m0/s1. The van der Waals surface area contributed by atoms with Crippen LogP contribution in [0.25, 0.3) is 0 Å². The zero-order valence-electron chi connectivity index (χ0n) is 12.4. The maximum Gasteiger partial charge on any atom is 0.255 e. The van der Waals surface area contributed by atoms with Crippen molar-refractivity contribution in [1.29, 1.82) is 0 Å². The Morgan fingerprint density at radius 3 is 3.05 bits per heavy atom. The smallest absolute Gasteiger partial charge is 0.255 e. The number of ether oxygens (including phenoxy) is 1. The fraction of sp³-hybridized carbons (Fsp3) is 0.375. The maximum atomic E-state index is 12.5. The number of carbonyl (C=O) groups is 1. The van der Waals surface area contributed by atoms with E-state index >= 15 is 0 Å². The summed E-state index contributed by atoms with van der Waals surface area (Å²) in [6.45, 7) is 1.75. The number of carbonyl (C=O) groups excluding carboxylic acids is 1. The van der Waals surface area contributed by atoms with E-state index in [0.29, 0.717) is 23.7 Å². The van der Waals surface area contributed by atoms with Crippen LogP contribution in [0.15, 0.2) is 30.5 Å². The van der Waals surface area contributed by atoms with Crippen molar-refractivity contribution in [3.63, 3.8) is 0 Å². The van der Waals surface area contributed by atoms with Gasteiger partial charge in [-0.05, 0) is 18.1 Å². The minimum atomic E-state index is -0.130. The molecule has 2 aromatic rings. The molecule has 1 saturated heterocycles. The summed E-state index contributed by atoms with van der Waals surface area (Å²) >= 11 is 6.11. The average Bonchev–Trinajstić information content (AvgIpc) is 3.15. The number of hydrogen-bond acceptors (Lipinski definition) is 3. The van der Waals surface area contributed by atoms with Crippen molar-refractivity contribution >= 4 is 17.5 Å². The topological polar surface area (TPSA) is 56.2 Å². The number of nitrogens with one attached hydrogen (secondary N) is 1. The molecule has 0 bridgehead atoms. The number of hydrogen-bond donors (Lipinski definition) is 1. The van der Waals surface area contributed by atoms with Crippen LogP contribution in [-0.2, 0) is 18.3 Å². The maximum absolute atomic E-state index is 12.5. The Hall–Kier alpha value is -1.85. The molecule has 1 aromatic heterocycles. The summed E-state index contributed by atoms with van der Waals surface area (Å²) in [6, 6.07) is 7.48. The first-order valence-electron chi connectivity index (χ1n) is 7.28. The Morgan fingerprint density at radius 1 is 1.50 bits per heavy atom. The van der Waals surface area contributed by atoms with Crippen LogP contribution in [0.5, 0.6) is 0 Å². The van der Waals surface area contributed by atoms with Crippen LogP contribution in [-0.4, -0.2) is 28.9 Å². The monoisotopic (exact) mass is 319 g/mol. The molecule has 1 aliphatic rings. The van der Waals surface area contributed by atoms with Crippen molar-refractivity contribution in [3.05, 3.63) is 52.3 Å². The van der Waals surface area contributed by atoms with Gasteiger partial charge >= 0.3 is 0 Å². The van der Waals surface area contributed by atoms with E-state index < -0.39 is 0 Å². The van der Waals surface area contributed by atoms with Gasteiger partial charge in [0.2, 0.25) is 0 Å². The summed E-state index contributed by atoms with van der Waals surface area (Å²) in [5.41, 5.74) is 2.33. The molecule has 3 rings (SSSR count). The Bertz CT molecular complexity index is 678. The number of rotatable bonds is 4. The van der Waals surface area contributed by atoms with Gasteiger partial charge in [0.25, 0.3) is 5.91 Å². The van der Waals surface area contributed by atoms with Gasteiger partial charge in [-0.1, -0.05) is 29.8 Å². The molecule has 1 aliphatic heterocycles. The molecule has 0 radical (unpaired) electrons. The predicted molar refractivity (Wildman–Crippen MR) is 84.0 cm³/mol. The normalized spacial score (nSPS) is 17.6.